The lowest BCUT2D eigenvalue weighted by atomic mass is 9.52. The van der Waals surface area contributed by atoms with Crippen molar-refractivity contribution in [2.75, 3.05) is 6.54 Å². The lowest BCUT2D eigenvalue weighted by molar-refractivity contribution is -0.127. The number of nitrogens with two attached hydrogens (primary N) is 1. The number of piperidine rings is 1. The van der Waals surface area contributed by atoms with Crippen molar-refractivity contribution in [3.63, 3.8) is 0 Å². The first-order valence-corrected chi connectivity index (χ1v) is 11.5. The van der Waals surface area contributed by atoms with Crippen LogP contribution in [0.1, 0.15) is 55.7 Å². The number of hydrogen-bond donors (Lipinski definition) is 1. The van der Waals surface area contributed by atoms with Crippen molar-refractivity contribution < 1.29 is 13.9 Å². The van der Waals surface area contributed by atoms with Gasteiger partial charge in [0.25, 0.3) is 0 Å². The van der Waals surface area contributed by atoms with Crippen molar-refractivity contribution in [2.45, 2.75) is 69.6 Å². The van der Waals surface area contributed by atoms with Gasteiger partial charge in [0, 0.05) is 18.0 Å². The van der Waals surface area contributed by atoms with E-state index in [0.717, 1.165) is 30.7 Å². The zero-order chi connectivity index (χ0) is 21.6. The normalized spacial score (nSPS) is 28.3. The average molecular weight is 423 g/mol. The van der Waals surface area contributed by atoms with Crippen LogP contribution in [0.5, 0.6) is 5.75 Å². The second kappa shape index (κ2) is 7.94. The van der Waals surface area contributed by atoms with Gasteiger partial charge in [0.2, 0.25) is 5.91 Å². The van der Waals surface area contributed by atoms with Crippen molar-refractivity contribution in [3.8, 4) is 5.75 Å². The number of carbonyl (C=O) groups excluding carboxylic acids is 1. The van der Waals surface area contributed by atoms with Crippen molar-refractivity contribution >= 4 is 5.91 Å². The van der Waals surface area contributed by atoms with E-state index in [-0.39, 0.29) is 23.2 Å². The van der Waals surface area contributed by atoms with Crippen molar-refractivity contribution in [2.24, 2.45) is 11.7 Å². The lowest BCUT2D eigenvalue weighted by Crippen LogP contribution is -2.64. The van der Waals surface area contributed by atoms with Crippen LogP contribution in [0.2, 0.25) is 0 Å². The molecule has 1 aliphatic heterocycles. The minimum absolute atomic E-state index is 0.169. The van der Waals surface area contributed by atoms with Gasteiger partial charge in [-0.1, -0.05) is 31.0 Å². The minimum Gasteiger partial charge on any atom is -0.489 e. The van der Waals surface area contributed by atoms with Crippen molar-refractivity contribution in [3.05, 3.63) is 65.0 Å². The SMILES string of the molecule is C[C@H](C(N)=O)N1CC[C@]23CCCC[C@@H]2[C@H]1Cc1ccc(OCc2cccc(F)c2)cc13. The highest BCUT2D eigenvalue weighted by Crippen LogP contribution is 2.56. The number of amides is 1. The summed E-state index contributed by atoms with van der Waals surface area (Å²) in [5.41, 5.74) is 9.51. The Labute approximate surface area is 183 Å². The fraction of sp³-hybridized carbons (Fsp3) is 0.500. The lowest BCUT2D eigenvalue weighted by Gasteiger charge is -2.60. The van der Waals surface area contributed by atoms with Gasteiger partial charge in [-0.2, -0.15) is 0 Å². The van der Waals surface area contributed by atoms with Crippen molar-refractivity contribution in [1.29, 1.82) is 0 Å². The van der Waals surface area contributed by atoms with Crippen LogP contribution in [0.3, 0.4) is 0 Å². The molecule has 0 unspecified atom stereocenters. The van der Waals surface area contributed by atoms with Crippen LogP contribution >= 0.6 is 0 Å². The molecule has 2 N–H and O–H groups in total. The standard InChI is InChI=1S/C26H31FN2O2/c1-17(25(28)30)29-12-11-26-10-3-2-7-22(26)24(29)14-19-8-9-21(15-23(19)26)31-16-18-5-4-6-20(27)13-18/h4-6,8-9,13,15,17,22,24H,2-3,7,10-12,14,16H2,1H3,(H2,28,30)/t17-,22-,24-,26-/m1/s1. The molecular formula is C26H31FN2O2. The number of primary amides is 1. The quantitative estimate of drug-likeness (QED) is 0.780. The van der Waals surface area contributed by atoms with Gasteiger partial charge in [0.15, 0.2) is 0 Å². The number of nitrogens with zero attached hydrogens (tertiary/aromatic N) is 1. The Kier molecular flexibility index (Phi) is 5.25. The smallest absolute Gasteiger partial charge is 0.234 e. The van der Waals surface area contributed by atoms with Crippen LogP contribution in [-0.2, 0) is 23.2 Å². The van der Waals surface area contributed by atoms with Crippen LogP contribution < -0.4 is 10.5 Å². The topological polar surface area (TPSA) is 55.6 Å². The number of benzene rings is 2. The van der Waals surface area contributed by atoms with E-state index in [9.17, 15) is 9.18 Å². The number of ether oxygens (including phenoxy) is 1. The molecular weight excluding hydrogens is 391 g/mol. The maximum Gasteiger partial charge on any atom is 0.234 e. The number of fused-ring (bicyclic) bond motifs is 1. The molecule has 1 saturated heterocycles. The highest BCUT2D eigenvalue weighted by atomic mass is 19.1. The molecule has 2 bridgehead atoms. The summed E-state index contributed by atoms with van der Waals surface area (Å²) in [6.07, 6.45) is 6.94. The molecule has 5 rings (SSSR count). The third-order valence-electron chi connectivity index (χ3n) is 8.05. The number of carbonyl (C=O) groups is 1. The summed E-state index contributed by atoms with van der Waals surface area (Å²) < 4.78 is 19.6. The zero-order valence-electron chi connectivity index (χ0n) is 18.1. The molecule has 3 aliphatic rings. The maximum atomic E-state index is 13.5. The third-order valence-corrected chi connectivity index (χ3v) is 8.05. The average Bonchev–Trinajstić information content (AvgIpc) is 2.77. The first-order valence-electron chi connectivity index (χ1n) is 11.5. The first-order chi connectivity index (χ1) is 15.0. The largest absolute Gasteiger partial charge is 0.489 e. The van der Waals surface area contributed by atoms with Gasteiger partial charge >= 0.3 is 0 Å². The summed E-state index contributed by atoms with van der Waals surface area (Å²) in [7, 11) is 0. The molecule has 1 amide bonds. The van der Waals surface area contributed by atoms with Gasteiger partial charge in [-0.15, -0.1) is 0 Å². The molecule has 2 fully saturated rings. The monoisotopic (exact) mass is 422 g/mol. The second-order valence-electron chi connectivity index (χ2n) is 9.58. The number of hydrogen-bond acceptors (Lipinski definition) is 3. The molecule has 4 atom stereocenters. The summed E-state index contributed by atoms with van der Waals surface area (Å²) >= 11 is 0. The molecule has 2 aromatic carbocycles. The van der Waals surface area contributed by atoms with E-state index in [1.807, 2.05) is 19.1 Å². The number of halogens is 1. The van der Waals surface area contributed by atoms with Crippen LogP contribution in [0.25, 0.3) is 0 Å². The number of rotatable bonds is 5. The van der Waals surface area contributed by atoms with E-state index >= 15 is 0 Å². The van der Waals surface area contributed by atoms with E-state index in [0.29, 0.717) is 18.6 Å². The molecule has 1 heterocycles. The van der Waals surface area contributed by atoms with Gasteiger partial charge in [-0.05, 0) is 79.5 Å². The predicted octanol–water partition coefficient (Wildman–Crippen LogP) is 4.34. The minimum atomic E-state index is -0.238. The summed E-state index contributed by atoms with van der Waals surface area (Å²) in [4.78, 5) is 14.3. The molecule has 0 radical (unpaired) electrons. The van der Waals surface area contributed by atoms with Gasteiger partial charge in [0.1, 0.15) is 18.2 Å². The Hall–Kier alpha value is -2.40. The van der Waals surface area contributed by atoms with Crippen LogP contribution in [0.4, 0.5) is 4.39 Å². The van der Waals surface area contributed by atoms with Gasteiger partial charge in [-0.25, -0.2) is 4.39 Å². The fourth-order valence-electron chi connectivity index (χ4n) is 6.54. The molecule has 0 aromatic heterocycles. The summed E-state index contributed by atoms with van der Waals surface area (Å²) in [6, 6.07) is 13.2. The van der Waals surface area contributed by atoms with Gasteiger partial charge in [0.05, 0.1) is 6.04 Å². The highest BCUT2D eigenvalue weighted by molar-refractivity contribution is 5.79. The molecule has 31 heavy (non-hydrogen) atoms. The zero-order valence-corrected chi connectivity index (χ0v) is 18.1. The number of likely N-dealkylation sites (tertiary alicyclic amines) is 1. The second-order valence-corrected chi connectivity index (χ2v) is 9.58. The molecule has 164 valence electrons. The Bertz CT molecular complexity index is 993. The summed E-state index contributed by atoms with van der Waals surface area (Å²) in [5.74, 6) is 0.949. The Morgan fingerprint density at radius 3 is 2.94 bits per heavy atom. The van der Waals surface area contributed by atoms with E-state index in [1.54, 1.807) is 6.07 Å². The summed E-state index contributed by atoms with van der Waals surface area (Å²) in [6.45, 7) is 3.23. The maximum absolute atomic E-state index is 13.5. The first kappa shape index (κ1) is 20.5. The van der Waals surface area contributed by atoms with Gasteiger partial charge in [-0.3, -0.25) is 9.69 Å². The van der Waals surface area contributed by atoms with Crippen molar-refractivity contribution in [1.82, 2.24) is 4.90 Å². The van der Waals surface area contributed by atoms with E-state index < -0.39 is 0 Å². The molecule has 4 nitrogen and oxygen atoms in total. The van der Waals surface area contributed by atoms with Crippen LogP contribution in [0, 0.1) is 11.7 Å². The Balaban J connectivity index is 1.45. The third kappa shape index (κ3) is 3.53. The molecule has 5 heteroatoms. The van der Waals surface area contributed by atoms with Crippen LogP contribution in [-0.4, -0.2) is 29.4 Å². The van der Waals surface area contributed by atoms with E-state index in [1.165, 1.54) is 48.9 Å². The van der Waals surface area contributed by atoms with Gasteiger partial charge < -0.3 is 10.5 Å². The fourth-order valence-corrected chi connectivity index (χ4v) is 6.54. The highest BCUT2D eigenvalue weighted by Gasteiger charge is 2.54. The predicted molar refractivity (Wildman–Crippen MR) is 118 cm³/mol. The Morgan fingerprint density at radius 2 is 2.13 bits per heavy atom. The molecule has 0 spiro atoms. The van der Waals surface area contributed by atoms with Crippen LogP contribution in [0.15, 0.2) is 42.5 Å². The molecule has 1 saturated carbocycles. The Morgan fingerprint density at radius 1 is 1.26 bits per heavy atom. The molecule has 2 aliphatic carbocycles. The summed E-state index contributed by atoms with van der Waals surface area (Å²) in [5, 5.41) is 0. The molecule has 2 aromatic rings. The van der Waals surface area contributed by atoms with E-state index in [4.69, 9.17) is 10.5 Å². The van der Waals surface area contributed by atoms with E-state index in [2.05, 4.69) is 17.0 Å².